The zero-order chi connectivity index (χ0) is 16.0. The van der Waals surface area contributed by atoms with Gasteiger partial charge in [-0.1, -0.05) is 12.1 Å². The average molecular weight is 313 g/mol. The van der Waals surface area contributed by atoms with E-state index in [0.717, 1.165) is 0 Å². The number of para-hydroxylation sites is 2. The van der Waals surface area contributed by atoms with Gasteiger partial charge in [0.25, 0.3) is 5.56 Å². The van der Waals surface area contributed by atoms with E-state index in [2.05, 4.69) is 15.7 Å². The molecule has 1 heterocycles. The molecule has 0 bridgehead atoms. The van der Waals surface area contributed by atoms with Crippen LogP contribution in [0.4, 0.5) is 0 Å². The number of primary amides is 1. The second-order valence-corrected chi connectivity index (χ2v) is 6.03. The van der Waals surface area contributed by atoms with Crippen molar-refractivity contribution in [2.75, 3.05) is 14.2 Å². The summed E-state index contributed by atoms with van der Waals surface area (Å²) in [6.45, 7) is 1.31. The van der Waals surface area contributed by atoms with Crippen molar-refractivity contribution < 1.29 is 18.4 Å². The van der Waals surface area contributed by atoms with Gasteiger partial charge < -0.3 is 19.8 Å². The molecule has 3 N–H and O–H groups in total. The minimum atomic E-state index is -3.63. The molecule has 0 spiro atoms. The first-order valence-electron chi connectivity index (χ1n) is 5.81. The Kier molecular flexibility index (Phi) is 5.78. The Hall–Kier alpha value is -2.02. The number of fused-ring (bicyclic) bond motifs is 1. The molecule has 8 nitrogen and oxygen atoms in total. The van der Waals surface area contributed by atoms with Gasteiger partial charge in [0.1, 0.15) is 0 Å². The van der Waals surface area contributed by atoms with Gasteiger partial charge in [-0.2, -0.15) is 0 Å². The van der Waals surface area contributed by atoms with Gasteiger partial charge in [0.2, 0.25) is 11.3 Å². The fourth-order valence-electron chi connectivity index (χ4n) is 1.45. The van der Waals surface area contributed by atoms with Crippen LogP contribution in [0.1, 0.15) is 6.92 Å². The van der Waals surface area contributed by atoms with E-state index in [1.165, 1.54) is 21.1 Å². The summed E-state index contributed by atoms with van der Waals surface area (Å²) in [7, 11) is -1.21. The van der Waals surface area contributed by atoms with E-state index in [-0.39, 0.29) is 11.3 Å². The third kappa shape index (κ3) is 4.22. The highest BCUT2D eigenvalue weighted by Gasteiger charge is 2.30. The van der Waals surface area contributed by atoms with Gasteiger partial charge in [-0.05, 0) is 12.1 Å². The minimum Gasteiger partial charge on any atom is -0.370 e. The van der Waals surface area contributed by atoms with Crippen molar-refractivity contribution in [3.05, 3.63) is 34.6 Å². The molecule has 0 saturated carbocycles. The second-order valence-electron chi connectivity index (χ2n) is 3.88. The molecule has 0 aliphatic heterocycles. The quantitative estimate of drug-likeness (QED) is 0.796. The van der Waals surface area contributed by atoms with Crippen LogP contribution in [0.25, 0.3) is 11.0 Å². The second kappa shape index (κ2) is 7.12. The maximum atomic E-state index is 12.1. The number of rotatable bonds is 3. The number of nitrogens with zero attached hydrogens (tertiary/aromatic N) is 1. The topological polar surface area (TPSA) is 124 Å². The molecule has 1 aromatic carbocycles. The maximum Gasteiger partial charge on any atom is 0.384 e. The van der Waals surface area contributed by atoms with Crippen molar-refractivity contribution >= 4 is 30.0 Å². The third-order valence-electron chi connectivity index (χ3n) is 2.32. The number of H-pyrrole nitrogens is 1. The van der Waals surface area contributed by atoms with Gasteiger partial charge >= 0.3 is 7.60 Å². The standard InChI is InChI=1S/C10H11N2O4P.C2H5NO/c1-15-17(14,16-2)10-9(13)11-7-5-3-4-6-8(7)12-10;1-2(3)4/h3-6H,1-2H3,(H,11,13);1H3,(H2,3,4). The lowest BCUT2D eigenvalue weighted by Gasteiger charge is -2.11. The van der Waals surface area contributed by atoms with Crippen LogP contribution in [0, 0.1) is 0 Å². The molecule has 0 aliphatic carbocycles. The van der Waals surface area contributed by atoms with Crippen molar-refractivity contribution in [1.29, 1.82) is 0 Å². The zero-order valence-corrected chi connectivity index (χ0v) is 12.7. The number of aromatic nitrogens is 2. The van der Waals surface area contributed by atoms with Crippen LogP contribution in [-0.2, 0) is 18.4 Å². The van der Waals surface area contributed by atoms with Gasteiger partial charge in [-0.25, -0.2) is 4.98 Å². The van der Waals surface area contributed by atoms with E-state index in [1.807, 2.05) is 0 Å². The number of benzene rings is 1. The molecule has 0 radical (unpaired) electrons. The fraction of sp³-hybridized carbons (Fsp3) is 0.250. The maximum absolute atomic E-state index is 12.1. The lowest BCUT2D eigenvalue weighted by molar-refractivity contribution is -0.115. The molecule has 1 aromatic heterocycles. The molecule has 2 aromatic rings. The Morgan fingerprint density at radius 2 is 1.81 bits per heavy atom. The number of carbonyl (C=O) groups is 1. The predicted octanol–water partition coefficient (Wildman–Crippen LogP) is 0.526. The first-order valence-corrected chi connectivity index (χ1v) is 7.35. The Bertz CT molecular complexity index is 731. The molecule has 21 heavy (non-hydrogen) atoms. The molecule has 114 valence electrons. The third-order valence-corrected chi connectivity index (χ3v) is 4.11. The highest BCUT2D eigenvalue weighted by atomic mass is 31.2. The molecule has 0 atom stereocenters. The Morgan fingerprint density at radius 1 is 1.29 bits per heavy atom. The van der Waals surface area contributed by atoms with E-state index in [1.54, 1.807) is 24.3 Å². The van der Waals surface area contributed by atoms with Crippen molar-refractivity contribution in [3.63, 3.8) is 0 Å². The van der Waals surface area contributed by atoms with Gasteiger partial charge in [-0.3, -0.25) is 14.2 Å². The monoisotopic (exact) mass is 313 g/mol. The molecule has 1 amide bonds. The Balaban J connectivity index is 0.000000491. The number of carbonyl (C=O) groups excluding carboxylic acids is 1. The normalized spacial score (nSPS) is 10.8. The lowest BCUT2D eigenvalue weighted by atomic mass is 10.3. The molecule has 0 fully saturated rings. The van der Waals surface area contributed by atoms with Crippen LogP contribution in [0.15, 0.2) is 29.1 Å². The summed E-state index contributed by atoms with van der Waals surface area (Å²) >= 11 is 0. The summed E-state index contributed by atoms with van der Waals surface area (Å²) in [5, 5.41) is 0. The van der Waals surface area contributed by atoms with E-state index >= 15 is 0 Å². The number of hydrogen-bond acceptors (Lipinski definition) is 6. The van der Waals surface area contributed by atoms with Crippen LogP contribution in [0.5, 0.6) is 0 Å². The number of hydrogen-bond donors (Lipinski definition) is 2. The smallest absolute Gasteiger partial charge is 0.370 e. The summed E-state index contributed by atoms with van der Waals surface area (Å²) in [5.74, 6) is -0.333. The van der Waals surface area contributed by atoms with Crippen LogP contribution >= 0.6 is 7.60 Å². The van der Waals surface area contributed by atoms with Crippen LogP contribution in [0.3, 0.4) is 0 Å². The SMILES string of the molecule is CC(N)=O.COP(=O)(OC)c1nc2ccccc2[nH]c1=O. The highest BCUT2D eigenvalue weighted by molar-refractivity contribution is 7.61. The van der Waals surface area contributed by atoms with Crippen LogP contribution in [0.2, 0.25) is 0 Å². The molecule has 0 saturated heterocycles. The number of amides is 1. The highest BCUT2D eigenvalue weighted by Crippen LogP contribution is 2.43. The van der Waals surface area contributed by atoms with E-state index in [4.69, 9.17) is 9.05 Å². The van der Waals surface area contributed by atoms with E-state index in [9.17, 15) is 14.2 Å². The Labute approximate surface area is 120 Å². The molecule has 0 aliphatic rings. The molecular formula is C12H16N3O5P. The van der Waals surface area contributed by atoms with Gasteiger partial charge in [0.15, 0.2) is 0 Å². The van der Waals surface area contributed by atoms with Crippen LogP contribution in [-0.4, -0.2) is 30.1 Å². The number of aromatic amines is 1. The van der Waals surface area contributed by atoms with E-state index < -0.39 is 13.2 Å². The largest absolute Gasteiger partial charge is 0.384 e. The summed E-state index contributed by atoms with van der Waals surface area (Å²) in [5.41, 5.74) is 4.76. The number of nitrogens with two attached hydrogens (primary N) is 1. The summed E-state index contributed by atoms with van der Waals surface area (Å²) in [6.07, 6.45) is 0. The van der Waals surface area contributed by atoms with Crippen molar-refractivity contribution in [2.45, 2.75) is 6.92 Å². The summed E-state index contributed by atoms with van der Waals surface area (Å²) < 4.78 is 21.6. The van der Waals surface area contributed by atoms with Crippen molar-refractivity contribution in [2.24, 2.45) is 5.73 Å². The summed E-state index contributed by atoms with van der Waals surface area (Å²) in [6, 6.07) is 6.94. The fourth-order valence-corrected chi connectivity index (χ4v) is 2.48. The minimum absolute atomic E-state index is 0.235. The molecule has 0 unspecified atom stereocenters. The predicted molar refractivity (Wildman–Crippen MR) is 78.5 cm³/mol. The van der Waals surface area contributed by atoms with Gasteiger partial charge in [0, 0.05) is 21.1 Å². The zero-order valence-electron chi connectivity index (χ0n) is 11.8. The van der Waals surface area contributed by atoms with E-state index in [0.29, 0.717) is 11.0 Å². The first kappa shape index (κ1) is 17.0. The van der Waals surface area contributed by atoms with Gasteiger partial charge in [-0.15, -0.1) is 0 Å². The summed E-state index contributed by atoms with van der Waals surface area (Å²) in [4.78, 5) is 27.6. The average Bonchev–Trinajstić information content (AvgIpc) is 2.45. The first-order chi connectivity index (χ1) is 9.84. The Morgan fingerprint density at radius 3 is 2.33 bits per heavy atom. The molecule has 2 rings (SSSR count). The van der Waals surface area contributed by atoms with Crippen LogP contribution < -0.4 is 16.7 Å². The van der Waals surface area contributed by atoms with Gasteiger partial charge in [0.05, 0.1) is 11.0 Å². The lowest BCUT2D eigenvalue weighted by Crippen LogP contribution is -2.31. The molecule has 9 heteroatoms. The number of nitrogens with one attached hydrogen (secondary N) is 1. The van der Waals surface area contributed by atoms with Crippen molar-refractivity contribution in [3.8, 4) is 0 Å². The molecular weight excluding hydrogens is 297 g/mol. The van der Waals surface area contributed by atoms with Crippen molar-refractivity contribution in [1.82, 2.24) is 9.97 Å².